The molecule has 15 heavy (non-hydrogen) atoms. The first-order chi connectivity index (χ1) is 7.06. The number of hydrogen-bond donors (Lipinski definition) is 0. The van der Waals surface area contributed by atoms with Gasteiger partial charge in [0.15, 0.2) is 5.78 Å². The Labute approximate surface area is 99.5 Å². The molecule has 0 aliphatic heterocycles. The second kappa shape index (κ2) is 5.23. The summed E-state index contributed by atoms with van der Waals surface area (Å²) in [6.07, 6.45) is 0.220. The minimum atomic E-state index is -0.513. The van der Waals surface area contributed by atoms with Crippen molar-refractivity contribution >= 4 is 39.0 Å². The summed E-state index contributed by atoms with van der Waals surface area (Å²) in [7, 11) is 0. The first kappa shape index (κ1) is 12.1. The van der Waals surface area contributed by atoms with Gasteiger partial charge in [-0.15, -0.1) is 11.6 Å². The Bertz CT molecular complexity index is 408. The van der Waals surface area contributed by atoms with Crippen LogP contribution in [0.2, 0.25) is 0 Å². The number of Topliss-reactive ketones (excluding diaryl/α,β-unsaturated/α-hetero) is 1. The van der Waals surface area contributed by atoms with Crippen molar-refractivity contribution < 1.29 is 9.72 Å². The van der Waals surface area contributed by atoms with Crippen LogP contribution in [0, 0.1) is 10.1 Å². The Kier molecular flexibility index (Phi) is 4.23. The van der Waals surface area contributed by atoms with Crippen LogP contribution in [-0.4, -0.2) is 16.6 Å². The molecule has 0 aliphatic carbocycles. The number of rotatable bonds is 4. The fourth-order valence-electron chi connectivity index (χ4n) is 1.06. The number of nitrogens with zero attached hydrogens (tertiary/aromatic N) is 1. The lowest BCUT2D eigenvalue weighted by Crippen LogP contribution is -2.01. The second-order valence-electron chi connectivity index (χ2n) is 2.78. The topological polar surface area (TPSA) is 60.2 Å². The van der Waals surface area contributed by atoms with Gasteiger partial charge in [-0.1, -0.05) is 0 Å². The molecule has 0 amide bonds. The summed E-state index contributed by atoms with van der Waals surface area (Å²) < 4.78 is 0.423. The van der Waals surface area contributed by atoms with Gasteiger partial charge in [0.05, 0.1) is 4.92 Å². The number of alkyl halides is 1. The van der Waals surface area contributed by atoms with Crippen molar-refractivity contribution in [1.29, 1.82) is 0 Å². The fraction of sp³-hybridized carbons (Fsp3) is 0.222. The van der Waals surface area contributed by atoms with Gasteiger partial charge in [-0.2, -0.15) is 0 Å². The maximum atomic E-state index is 11.5. The highest BCUT2D eigenvalue weighted by Crippen LogP contribution is 2.24. The molecule has 1 rings (SSSR count). The Morgan fingerprint density at radius 3 is 2.67 bits per heavy atom. The highest BCUT2D eigenvalue weighted by molar-refractivity contribution is 9.10. The lowest BCUT2D eigenvalue weighted by molar-refractivity contribution is -0.384. The van der Waals surface area contributed by atoms with Crippen molar-refractivity contribution in [3.05, 3.63) is 38.3 Å². The first-order valence-corrected chi connectivity index (χ1v) is 5.42. The van der Waals surface area contributed by atoms with Crippen molar-refractivity contribution in [2.24, 2.45) is 0 Å². The number of carbonyl (C=O) groups excluding carboxylic acids is 1. The van der Waals surface area contributed by atoms with Crippen molar-refractivity contribution in [3.8, 4) is 0 Å². The quantitative estimate of drug-likeness (QED) is 0.371. The number of ketones is 1. The summed E-state index contributed by atoms with van der Waals surface area (Å²) in [5.41, 5.74) is 0.366. The van der Waals surface area contributed by atoms with Crippen LogP contribution in [0.4, 0.5) is 5.69 Å². The maximum Gasteiger partial charge on any atom is 0.270 e. The van der Waals surface area contributed by atoms with Crippen molar-refractivity contribution in [2.75, 3.05) is 5.88 Å². The van der Waals surface area contributed by atoms with Gasteiger partial charge >= 0.3 is 0 Å². The smallest absolute Gasteiger partial charge is 0.270 e. The molecule has 80 valence electrons. The SMILES string of the molecule is O=C(CCCl)c1ccc([N+](=O)[O-])cc1Br. The van der Waals surface area contributed by atoms with Gasteiger partial charge in [0.1, 0.15) is 0 Å². The zero-order valence-corrected chi connectivity index (χ0v) is 9.92. The predicted octanol–water partition coefficient (Wildman–Crippen LogP) is 3.17. The third-order valence-corrected chi connectivity index (χ3v) is 2.63. The van der Waals surface area contributed by atoms with E-state index in [0.717, 1.165) is 0 Å². The van der Waals surface area contributed by atoms with Crippen LogP contribution < -0.4 is 0 Å². The van der Waals surface area contributed by atoms with Crippen LogP contribution in [0.1, 0.15) is 16.8 Å². The largest absolute Gasteiger partial charge is 0.294 e. The molecule has 4 nitrogen and oxygen atoms in total. The van der Waals surface area contributed by atoms with Gasteiger partial charge in [0.25, 0.3) is 5.69 Å². The van der Waals surface area contributed by atoms with Crippen LogP contribution in [0.5, 0.6) is 0 Å². The predicted molar refractivity (Wildman–Crippen MR) is 60.5 cm³/mol. The highest BCUT2D eigenvalue weighted by atomic mass is 79.9. The number of nitro groups is 1. The maximum absolute atomic E-state index is 11.5. The Hall–Kier alpha value is -0.940. The fourth-order valence-corrected chi connectivity index (χ4v) is 1.82. The molecule has 0 N–H and O–H groups in total. The average Bonchev–Trinajstić information content (AvgIpc) is 2.17. The number of hydrogen-bond acceptors (Lipinski definition) is 3. The monoisotopic (exact) mass is 291 g/mol. The summed E-state index contributed by atoms with van der Waals surface area (Å²) in [6.45, 7) is 0. The zero-order valence-electron chi connectivity index (χ0n) is 7.57. The summed E-state index contributed by atoms with van der Waals surface area (Å²) in [5, 5.41) is 10.4. The molecule has 0 atom stereocenters. The second-order valence-corrected chi connectivity index (χ2v) is 4.02. The summed E-state index contributed by atoms with van der Waals surface area (Å²) in [4.78, 5) is 21.4. The van der Waals surface area contributed by atoms with E-state index in [1.165, 1.54) is 18.2 Å². The molecular weight excluding hydrogens is 285 g/mol. The van der Waals surface area contributed by atoms with Gasteiger partial charge in [0.2, 0.25) is 0 Å². The third-order valence-electron chi connectivity index (χ3n) is 1.79. The minimum Gasteiger partial charge on any atom is -0.294 e. The number of carbonyl (C=O) groups is 1. The van der Waals surface area contributed by atoms with Gasteiger partial charge < -0.3 is 0 Å². The van der Waals surface area contributed by atoms with E-state index in [2.05, 4.69) is 15.9 Å². The summed E-state index contributed by atoms with van der Waals surface area (Å²) in [5.74, 6) is 0.106. The molecule has 1 aromatic rings. The van der Waals surface area contributed by atoms with E-state index < -0.39 is 4.92 Å². The molecule has 0 saturated heterocycles. The molecular formula is C9H7BrClNO3. The van der Waals surface area contributed by atoms with Crippen LogP contribution in [0.15, 0.2) is 22.7 Å². The molecule has 0 unspecified atom stereocenters. The van der Waals surface area contributed by atoms with Crippen LogP contribution in [0.3, 0.4) is 0 Å². The molecule has 0 spiro atoms. The molecule has 1 aromatic carbocycles. The number of nitro benzene ring substituents is 1. The van der Waals surface area contributed by atoms with Crippen molar-refractivity contribution in [1.82, 2.24) is 0 Å². The van der Waals surface area contributed by atoms with E-state index in [9.17, 15) is 14.9 Å². The van der Waals surface area contributed by atoms with E-state index in [1.54, 1.807) is 0 Å². The molecule has 6 heteroatoms. The number of halogens is 2. The lowest BCUT2D eigenvalue weighted by atomic mass is 10.1. The molecule has 0 aromatic heterocycles. The third kappa shape index (κ3) is 3.00. The van der Waals surface area contributed by atoms with Crippen molar-refractivity contribution in [3.63, 3.8) is 0 Å². The molecule has 0 saturated carbocycles. The highest BCUT2D eigenvalue weighted by Gasteiger charge is 2.13. The summed E-state index contributed by atoms with van der Waals surface area (Å²) >= 11 is 8.55. The molecule has 0 heterocycles. The Morgan fingerprint density at radius 1 is 1.53 bits per heavy atom. The molecule has 0 radical (unpaired) electrons. The molecule has 0 fully saturated rings. The lowest BCUT2D eigenvalue weighted by Gasteiger charge is -2.01. The zero-order chi connectivity index (χ0) is 11.4. The first-order valence-electron chi connectivity index (χ1n) is 4.09. The van der Waals surface area contributed by atoms with Gasteiger partial charge in [-0.25, -0.2) is 0 Å². The van der Waals surface area contributed by atoms with Crippen LogP contribution in [0.25, 0.3) is 0 Å². The molecule has 0 aliphatic rings. The Morgan fingerprint density at radius 2 is 2.20 bits per heavy atom. The minimum absolute atomic E-state index is 0.0516. The van der Waals surface area contributed by atoms with E-state index in [-0.39, 0.29) is 23.8 Å². The van der Waals surface area contributed by atoms with Gasteiger partial charge in [-0.3, -0.25) is 14.9 Å². The van der Waals surface area contributed by atoms with E-state index in [0.29, 0.717) is 10.0 Å². The van der Waals surface area contributed by atoms with E-state index in [1.807, 2.05) is 0 Å². The van der Waals surface area contributed by atoms with Crippen LogP contribution in [-0.2, 0) is 0 Å². The molecule has 0 bridgehead atoms. The Balaban J connectivity index is 3.03. The van der Waals surface area contributed by atoms with Gasteiger partial charge in [-0.05, 0) is 22.0 Å². The normalized spacial score (nSPS) is 10.0. The van der Waals surface area contributed by atoms with E-state index >= 15 is 0 Å². The average molecular weight is 293 g/mol. The number of non-ortho nitro benzene ring substituents is 1. The summed E-state index contributed by atoms with van der Waals surface area (Å²) in [6, 6.07) is 4.03. The van der Waals surface area contributed by atoms with Crippen molar-refractivity contribution in [2.45, 2.75) is 6.42 Å². The van der Waals surface area contributed by atoms with Gasteiger partial charge in [0, 0.05) is 34.5 Å². The number of benzene rings is 1. The van der Waals surface area contributed by atoms with Crippen LogP contribution >= 0.6 is 27.5 Å². The van der Waals surface area contributed by atoms with E-state index in [4.69, 9.17) is 11.6 Å². The standard InChI is InChI=1S/C9H7BrClNO3/c10-8-5-6(12(14)15)1-2-7(8)9(13)3-4-11/h1-2,5H,3-4H2.